The Labute approximate surface area is 135 Å². The smallest absolute Gasteiger partial charge is 0.322 e. The van der Waals surface area contributed by atoms with Crippen LogP contribution in [0.15, 0.2) is 24.3 Å². The average Bonchev–Trinajstić information content (AvgIpc) is 3.20. The van der Waals surface area contributed by atoms with Gasteiger partial charge in [-0.05, 0) is 49.9 Å². The molecular weight excluding hydrogens is 297 g/mol. The first-order valence-electron chi connectivity index (χ1n) is 8.27. The van der Waals surface area contributed by atoms with E-state index in [0.717, 1.165) is 32.1 Å². The Morgan fingerprint density at radius 3 is 2.43 bits per heavy atom. The number of benzene rings is 1. The second kappa shape index (κ2) is 6.98. The summed E-state index contributed by atoms with van der Waals surface area (Å²) in [5.41, 5.74) is 0.526. The number of nitrogens with zero attached hydrogens (tertiary/aromatic N) is 1. The van der Waals surface area contributed by atoms with Crippen LogP contribution in [0.3, 0.4) is 0 Å². The Morgan fingerprint density at radius 1 is 1.04 bits per heavy atom. The monoisotopic (exact) mass is 319 g/mol. The SMILES string of the molecule is O=C(NC1CCCC1)[C@@H]1CCCN1C(=O)Nc1ccc(F)cc1. The van der Waals surface area contributed by atoms with E-state index in [1.54, 1.807) is 4.90 Å². The van der Waals surface area contributed by atoms with Crippen LogP contribution >= 0.6 is 0 Å². The van der Waals surface area contributed by atoms with E-state index >= 15 is 0 Å². The molecular formula is C17H22FN3O2. The molecule has 124 valence electrons. The number of carbonyl (C=O) groups excluding carboxylic acids is 2. The molecule has 1 aliphatic heterocycles. The van der Waals surface area contributed by atoms with Gasteiger partial charge in [0.25, 0.3) is 0 Å². The van der Waals surface area contributed by atoms with Crippen LogP contribution in [0, 0.1) is 5.82 Å². The molecule has 1 saturated carbocycles. The molecule has 1 atom stereocenters. The number of urea groups is 1. The van der Waals surface area contributed by atoms with Crippen molar-refractivity contribution in [2.24, 2.45) is 0 Å². The zero-order valence-corrected chi connectivity index (χ0v) is 13.1. The lowest BCUT2D eigenvalue weighted by Gasteiger charge is -2.25. The molecule has 1 heterocycles. The van der Waals surface area contributed by atoms with Crippen LogP contribution in [0.5, 0.6) is 0 Å². The van der Waals surface area contributed by atoms with Crippen molar-refractivity contribution in [2.75, 3.05) is 11.9 Å². The van der Waals surface area contributed by atoms with Gasteiger partial charge in [-0.15, -0.1) is 0 Å². The Bertz CT molecular complexity index is 570. The molecule has 1 aromatic carbocycles. The Hall–Kier alpha value is -2.11. The van der Waals surface area contributed by atoms with E-state index in [4.69, 9.17) is 0 Å². The Morgan fingerprint density at radius 2 is 1.74 bits per heavy atom. The largest absolute Gasteiger partial charge is 0.352 e. The lowest BCUT2D eigenvalue weighted by Crippen LogP contribution is -2.49. The highest BCUT2D eigenvalue weighted by Gasteiger charge is 2.35. The Balaban J connectivity index is 1.59. The van der Waals surface area contributed by atoms with Gasteiger partial charge in [0.1, 0.15) is 11.9 Å². The minimum atomic E-state index is -0.406. The van der Waals surface area contributed by atoms with Crippen LogP contribution in [-0.4, -0.2) is 35.5 Å². The molecule has 0 spiro atoms. The molecule has 2 aliphatic rings. The summed E-state index contributed by atoms with van der Waals surface area (Å²) in [6.07, 6.45) is 5.88. The zero-order valence-electron chi connectivity index (χ0n) is 13.1. The standard InChI is InChI=1S/C17H22FN3O2/c18-12-7-9-14(10-8-12)20-17(23)21-11-3-6-15(21)16(22)19-13-4-1-2-5-13/h7-10,13,15H,1-6,11H2,(H,19,22)(H,20,23)/t15-/m0/s1. The molecule has 1 aliphatic carbocycles. The maximum atomic E-state index is 12.9. The quantitative estimate of drug-likeness (QED) is 0.900. The second-order valence-corrected chi connectivity index (χ2v) is 6.28. The highest BCUT2D eigenvalue weighted by molar-refractivity contribution is 5.94. The third-order valence-electron chi connectivity index (χ3n) is 4.61. The fourth-order valence-corrected chi connectivity index (χ4v) is 3.38. The molecule has 0 aromatic heterocycles. The van der Waals surface area contributed by atoms with Gasteiger partial charge in [-0.2, -0.15) is 0 Å². The van der Waals surface area contributed by atoms with E-state index in [-0.39, 0.29) is 23.8 Å². The molecule has 0 bridgehead atoms. The van der Waals surface area contributed by atoms with Crippen LogP contribution in [0.2, 0.25) is 0 Å². The molecule has 2 N–H and O–H groups in total. The summed E-state index contributed by atoms with van der Waals surface area (Å²) in [5, 5.41) is 5.80. The first-order chi connectivity index (χ1) is 11.1. The van der Waals surface area contributed by atoms with Gasteiger partial charge < -0.3 is 15.5 Å². The predicted octanol–water partition coefficient (Wildman–Crippen LogP) is 2.88. The van der Waals surface area contributed by atoms with Crippen LogP contribution in [0.1, 0.15) is 38.5 Å². The predicted molar refractivity (Wildman–Crippen MR) is 85.5 cm³/mol. The molecule has 5 nitrogen and oxygen atoms in total. The first kappa shape index (κ1) is 15.8. The number of amides is 3. The summed E-state index contributed by atoms with van der Waals surface area (Å²) >= 11 is 0. The number of halogens is 1. The van der Waals surface area contributed by atoms with E-state index in [9.17, 15) is 14.0 Å². The van der Waals surface area contributed by atoms with Crippen molar-refractivity contribution in [1.29, 1.82) is 0 Å². The van der Waals surface area contributed by atoms with Gasteiger partial charge in [0, 0.05) is 18.3 Å². The van der Waals surface area contributed by atoms with Crippen molar-refractivity contribution in [3.05, 3.63) is 30.1 Å². The lowest BCUT2D eigenvalue weighted by molar-refractivity contribution is -0.125. The normalized spacial score (nSPS) is 21.4. The van der Waals surface area contributed by atoms with Gasteiger partial charge in [0.15, 0.2) is 0 Å². The summed E-state index contributed by atoms with van der Waals surface area (Å²) in [7, 11) is 0. The molecule has 23 heavy (non-hydrogen) atoms. The van der Waals surface area contributed by atoms with Crippen molar-refractivity contribution in [3.8, 4) is 0 Å². The summed E-state index contributed by atoms with van der Waals surface area (Å²) in [4.78, 5) is 26.4. The second-order valence-electron chi connectivity index (χ2n) is 6.28. The minimum Gasteiger partial charge on any atom is -0.352 e. The number of nitrogens with one attached hydrogen (secondary N) is 2. The number of anilines is 1. The number of carbonyl (C=O) groups is 2. The van der Waals surface area contributed by atoms with Gasteiger partial charge in [-0.25, -0.2) is 9.18 Å². The van der Waals surface area contributed by atoms with Gasteiger partial charge in [0.2, 0.25) is 5.91 Å². The topological polar surface area (TPSA) is 61.4 Å². The van der Waals surface area contributed by atoms with E-state index < -0.39 is 6.04 Å². The molecule has 3 rings (SSSR count). The summed E-state index contributed by atoms with van der Waals surface area (Å²) in [6.45, 7) is 0.565. The zero-order chi connectivity index (χ0) is 16.2. The summed E-state index contributed by atoms with van der Waals surface area (Å²) in [6, 6.07) is 5.16. The van der Waals surface area contributed by atoms with Crippen LogP contribution in [-0.2, 0) is 4.79 Å². The van der Waals surface area contributed by atoms with Crippen molar-refractivity contribution >= 4 is 17.6 Å². The molecule has 3 amide bonds. The van der Waals surface area contributed by atoms with Crippen molar-refractivity contribution in [1.82, 2.24) is 10.2 Å². The van der Waals surface area contributed by atoms with E-state index in [1.807, 2.05) is 0 Å². The van der Waals surface area contributed by atoms with Gasteiger partial charge in [-0.3, -0.25) is 4.79 Å². The van der Waals surface area contributed by atoms with Gasteiger partial charge in [0.05, 0.1) is 0 Å². The highest BCUT2D eigenvalue weighted by Crippen LogP contribution is 2.22. The fraction of sp³-hybridized carbons (Fsp3) is 0.529. The van der Waals surface area contributed by atoms with E-state index in [2.05, 4.69) is 10.6 Å². The number of rotatable bonds is 3. The Kier molecular flexibility index (Phi) is 4.79. The lowest BCUT2D eigenvalue weighted by atomic mass is 10.1. The van der Waals surface area contributed by atoms with Crippen LogP contribution in [0.4, 0.5) is 14.9 Å². The van der Waals surface area contributed by atoms with Crippen molar-refractivity contribution in [3.63, 3.8) is 0 Å². The first-order valence-corrected chi connectivity index (χ1v) is 8.27. The van der Waals surface area contributed by atoms with Crippen molar-refractivity contribution < 1.29 is 14.0 Å². The third-order valence-corrected chi connectivity index (χ3v) is 4.61. The summed E-state index contributed by atoms with van der Waals surface area (Å²) < 4.78 is 12.9. The van der Waals surface area contributed by atoms with Crippen molar-refractivity contribution in [2.45, 2.75) is 50.6 Å². The minimum absolute atomic E-state index is 0.0522. The third kappa shape index (κ3) is 3.81. The van der Waals surface area contributed by atoms with Gasteiger partial charge in [-0.1, -0.05) is 12.8 Å². The number of hydrogen-bond donors (Lipinski definition) is 2. The molecule has 0 radical (unpaired) electrons. The van der Waals surface area contributed by atoms with Crippen LogP contribution in [0.25, 0.3) is 0 Å². The molecule has 2 fully saturated rings. The summed E-state index contributed by atoms with van der Waals surface area (Å²) in [5.74, 6) is -0.401. The maximum absolute atomic E-state index is 12.9. The molecule has 0 unspecified atom stereocenters. The molecule has 6 heteroatoms. The van der Waals surface area contributed by atoms with E-state index in [0.29, 0.717) is 18.7 Å². The molecule has 1 aromatic rings. The maximum Gasteiger partial charge on any atom is 0.322 e. The van der Waals surface area contributed by atoms with E-state index in [1.165, 1.54) is 24.3 Å². The average molecular weight is 319 g/mol. The van der Waals surface area contributed by atoms with Crippen LogP contribution < -0.4 is 10.6 Å². The number of hydrogen-bond acceptors (Lipinski definition) is 2. The number of likely N-dealkylation sites (tertiary alicyclic amines) is 1. The highest BCUT2D eigenvalue weighted by atomic mass is 19.1. The molecule has 1 saturated heterocycles. The fourth-order valence-electron chi connectivity index (χ4n) is 3.38. The van der Waals surface area contributed by atoms with Gasteiger partial charge >= 0.3 is 6.03 Å².